The highest BCUT2D eigenvalue weighted by atomic mass is 16.3. The minimum absolute atomic E-state index is 0.0507. The topological polar surface area (TPSA) is 151 Å². The van der Waals surface area contributed by atoms with E-state index in [1.54, 1.807) is 0 Å². The molecule has 2 atom stereocenters. The van der Waals surface area contributed by atoms with E-state index in [2.05, 4.69) is 25.7 Å². The largest absolute Gasteiger partial charge is 0.506 e. The van der Waals surface area contributed by atoms with Gasteiger partial charge in [-0.05, 0) is 24.8 Å². The Morgan fingerprint density at radius 1 is 1.00 bits per heavy atom. The van der Waals surface area contributed by atoms with Gasteiger partial charge < -0.3 is 15.7 Å². The highest BCUT2D eigenvalue weighted by Gasteiger charge is 2.32. The molecule has 2 bridgehead atoms. The molecule has 0 unspecified atom stereocenters. The molecule has 1 aliphatic heterocycles. The number of hydrogen-bond acceptors (Lipinski definition) is 8. The van der Waals surface area contributed by atoms with Gasteiger partial charge in [0.05, 0.1) is 18.3 Å². The van der Waals surface area contributed by atoms with E-state index in [9.17, 15) is 24.3 Å². The van der Waals surface area contributed by atoms with Crippen molar-refractivity contribution in [3.05, 3.63) is 64.6 Å². The maximum absolute atomic E-state index is 13.3. The SMILES string of the molecule is O=NB(O)[C@H](Cc1ccccc1)NC(=O)[C@@H]1CCCCCCCCCCCC(=O)c2cncc(n2)C(=O)N1. The van der Waals surface area contributed by atoms with Crippen LogP contribution in [0.15, 0.2) is 47.8 Å². The molecule has 0 saturated heterocycles. The van der Waals surface area contributed by atoms with Crippen LogP contribution in [0.4, 0.5) is 0 Å². The summed E-state index contributed by atoms with van der Waals surface area (Å²) in [4.78, 5) is 58.2. The predicted molar refractivity (Wildman–Crippen MR) is 144 cm³/mol. The second kappa shape index (κ2) is 15.7. The van der Waals surface area contributed by atoms with Crippen molar-refractivity contribution >= 4 is 24.6 Å². The van der Waals surface area contributed by atoms with Gasteiger partial charge in [0.2, 0.25) is 5.91 Å². The molecule has 0 saturated carbocycles. The number of aromatic nitrogens is 2. The van der Waals surface area contributed by atoms with Crippen LogP contribution in [-0.4, -0.2) is 51.6 Å². The second-order valence-electron chi connectivity index (χ2n) is 9.78. The van der Waals surface area contributed by atoms with Crippen LogP contribution in [-0.2, 0) is 11.2 Å². The fourth-order valence-electron chi connectivity index (χ4n) is 4.57. The minimum Gasteiger partial charge on any atom is -0.428 e. The fraction of sp³-hybridized carbons (Fsp3) is 0.519. The summed E-state index contributed by atoms with van der Waals surface area (Å²) in [5.41, 5.74) is 0.888. The Labute approximate surface area is 223 Å². The molecule has 2 aromatic rings. The first-order chi connectivity index (χ1) is 18.5. The smallest absolute Gasteiger partial charge is 0.428 e. The standard InChI is InChI=1S/C27H36BN5O5/c34-24-16-12-7-5-3-1-2-4-6-11-15-21(31-27(36)23-19-29-18-22(24)30-23)26(35)32-25(28(37)33-38)17-20-13-9-8-10-14-20/h8-10,13-14,18-19,21,25,37H,1-7,11-12,15-17H2,(H,31,36)(H,32,35)/t21-,25-/m0/s1. The van der Waals surface area contributed by atoms with Gasteiger partial charge in [0, 0.05) is 6.42 Å². The van der Waals surface area contributed by atoms with Crippen molar-refractivity contribution < 1.29 is 19.4 Å². The second-order valence-corrected chi connectivity index (χ2v) is 9.78. The summed E-state index contributed by atoms with van der Waals surface area (Å²) in [6, 6.07) is 8.19. The quantitative estimate of drug-likeness (QED) is 0.388. The molecule has 2 heterocycles. The van der Waals surface area contributed by atoms with Gasteiger partial charge in [-0.1, -0.05) is 86.8 Å². The fourth-order valence-corrected chi connectivity index (χ4v) is 4.57. The van der Waals surface area contributed by atoms with Crippen LogP contribution >= 0.6 is 0 Å². The van der Waals surface area contributed by atoms with Crippen molar-refractivity contribution in [1.29, 1.82) is 0 Å². The molecule has 0 spiro atoms. The molecule has 3 N–H and O–H groups in total. The maximum Gasteiger partial charge on any atom is 0.506 e. The summed E-state index contributed by atoms with van der Waals surface area (Å²) in [5.74, 6) is -2.28. The lowest BCUT2D eigenvalue weighted by molar-refractivity contribution is -0.123. The zero-order chi connectivity index (χ0) is 27.2. The lowest BCUT2D eigenvalue weighted by atomic mass is 9.71. The number of nitrogens with zero attached hydrogens (tertiary/aromatic N) is 3. The number of Topliss-reactive ketones (excluding diaryl/α,β-unsaturated/α-hetero) is 1. The van der Waals surface area contributed by atoms with Crippen LogP contribution in [0.3, 0.4) is 0 Å². The third-order valence-electron chi connectivity index (χ3n) is 6.77. The van der Waals surface area contributed by atoms with E-state index < -0.39 is 30.8 Å². The molecule has 1 aromatic heterocycles. The number of nitroso groups, excluding NO2 is 1. The van der Waals surface area contributed by atoms with Gasteiger partial charge in [-0.15, -0.1) is 0 Å². The molecular formula is C27H36BN5O5. The number of carbonyl (C=O) groups is 3. The van der Waals surface area contributed by atoms with Gasteiger partial charge in [0.25, 0.3) is 5.91 Å². The van der Waals surface area contributed by atoms with Crippen LogP contribution in [0.25, 0.3) is 0 Å². The summed E-state index contributed by atoms with van der Waals surface area (Å²) in [6.45, 7) is 0. The molecule has 0 radical (unpaired) electrons. The minimum atomic E-state index is -1.65. The van der Waals surface area contributed by atoms with Crippen molar-refractivity contribution in [2.75, 3.05) is 0 Å². The number of rotatable bonds is 6. The zero-order valence-corrected chi connectivity index (χ0v) is 21.7. The van der Waals surface area contributed by atoms with Crippen molar-refractivity contribution in [3.63, 3.8) is 0 Å². The number of fused-ring (bicyclic) bond motifs is 2. The Bertz CT molecular complexity index is 1070. The first-order valence-corrected chi connectivity index (χ1v) is 13.5. The van der Waals surface area contributed by atoms with E-state index in [-0.39, 0.29) is 23.6 Å². The number of nitrogens with one attached hydrogen (secondary N) is 2. The van der Waals surface area contributed by atoms with Gasteiger partial charge in [0.15, 0.2) is 5.78 Å². The van der Waals surface area contributed by atoms with E-state index >= 15 is 0 Å². The lowest BCUT2D eigenvalue weighted by Crippen LogP contribution is -2.54. The van der Waals surface area contributed by atoms with Crippen LogP contribution < -0.4 is 10.6 Å². The molecule has 10 nitrogen and oxygen atoms in total. The number of hydrogen-bond donors (Lipinski definition) is 3. The highest BCUT2D eigenvalue weighted by molar-refractivity contribution is 6.50. The number of amides is 2. The van der Waals surface area contributed by atoms with Crippen LogP contribution in [0.1, 0.15) is 97.2 Å². The Morgan fingerprint density at radius 3 is 2.32 bits per heavy atom. The van der Waals surface area contributed by atoms with Gasteiger partial charge in [-0.2, -0.15) is 4.91 Å². The molecule has 38 heavy (non-hydrogen) atoms. The summed E-state index contributed by atoms with van der Waals surface area (Å²) in [6.07, 6.45) is 12.3. The number of benzene rings is 1. The molecule has 0 fully saturated rings. The van der Waals surface area contributed by atoms with Crippen LogP contribution in [0, 0.1) is 4.91 Å². The monoisotopic (exact) mass is 521 g/mol. The molecule has 1 aliphatic rings. The number of carbonyl (C=O) groups excluding carboxylic acids is 3. The van der Waals surface area contributed by atoms with Gasteiger partial charge in [-0.3, -0.25) is 19.4 Å². The highest BCUT2D eigenvalue weighted by Crippen LogP contribution is 2.15. The summed E-state index contributed by atoms with van der Waals surface area (Å²) < 4.78 is 0. The Balaban J connectivity index is 1.76. The lowest BCUT2D eigenvalue weighted by Gasteiger charge is -2.23. The average molecular weight is 521 g/mol. The first-order valence-electron chi connectivity index (χ1n) is 13.5. The van der Waals surface area contributed by atoms with E-state index in [0.717, 1.165) is 56.9 Å². The van der Waals surface area contributed by atoms with E-state index in [1.165, 1.54) is 12.4 Å². The van der Waals surface area contributed by atoms with E-state index in [4.69, 9.17) is 0 Å². The average Bonchev–Trinajstić information content (AvgIpc) is 2.94. The zero-order valence-electron chi connectivity index (χ0n) is 21.7. The van der Waals surface area contributed by atoms with Crippen molar-refractivity contribution in [2.45, 2.75) is 89.0 Å². The van der Waals surface area contributed by atoms with Crippen molar-refractivity contribution in [1.82, 2.24) is 20.6 Å². The molecule has 202 valence electrons. The number of ketones is 1. The third kappa shape index (κ3) is 9.44. The summed E-state index contributed by atoms with van der Waals surface area (Å²) in [5, 5.41) is 18.3. The molecular weight excluding hydrogens is 485 g/mol. The third-order valence-corrected chi connectivity index (χ3v) is 6.77. The summed E-state index contributed by atoms with van der Waals surface area (Å²) >= 11 is 0. The van der Waals surface area contributed by atoms with Gasteiger partial charge in [-0.25, -0.2) is 4.98 Å². The molecule has 1 aromatic carbocycles. The summed E-state index contributed by atoms with van der Waals surface area (Å²) in [7, 11) is -1.65. The van der Waals surface area contributed by atoms with E-state index in [1.807, 2.05) is 30.3 Å². The molecule has 11 heteroatoms. The van der Waals surface area contributed by atoms with Gasteiger partial charge in [0.1, 0.15) is 17.4 Å². The molecule has 3 rings (SSSR count). The van der Waals surface area contributed by atoms with Crippen LogP contribution in [0.2, 0.25) is 0 Å². The van der Waals surface area contributed by atoms with Crippen LogP contribution in [0.5, 0.6) is 0 Å². The first kappa shape index (κ1) is 29.1. The normalized spacial score (nSPS) is 18.8. The Hall–Kier alpha value is -3.47. The van der Waals surface area contributed by atoms with Gasteiger partial charge >= 0.3 is 7.05 Å². The van der Waals surface area contributed by atoms with Crippen molar-refractivity contribution in [2.24, 2.45) is 5.09 Å². The van der Waals surface area contributed by atoms with E-state index in [0.29, 0.717) is 19.3 Å². The maximum atomic E-state index is 13.3. The predicted octanol–water partition coefficient (Wildman–Crippen LogP) is 3.58. The molecule has 0 aliphatic carbocycles. The Kier molecular flexibility index (Phi) is 12.0. The molecule has 2 amide bonds. The van der Waals surface area contributed by atoms with Crippen molar-refractivity contribution in [3.8, 4) is 0 Å². The Morgan fingerprint density at radius 2 is 1.63 bits per heavy atom.